The number of methoxy groups -OCH3 is 1. The molecule has 0 saturated heterocycles. The van der Waals surface area contributed by atoms with E-state index in [1.807, 2.05) is 0 Å². The summed E-state index contributed by atoms with van der Waals surface area (Å²) in [6.45, 7) is 6.75. The highest BCUT2D eigenvalue weighted by molar-refractivity contribution is 5.35. The van der Waals surface area contributed by atoms with Crippen molar-refractivity contribution in [3.8, 4) is 5.75 Å². The predicted molar refractivity (Wildman–Crippen MR) is 48.1 cm³/mol. The average molecular weight is 197 g/mol. The summed E-state index contributed by atoms with van der Waals surface area (Å²) in [5.41, 5.74) is 0.255. The third-order valence-corrected chi connectivity index (χ3v) is 1.81. The first-order chi connectivity index (χ1) is 6.69. The van der Waals surface area contributed by atoms with Crippen molar-refractivity contribution in [2.24, 2.45) is 0 Å². The van der Waals surface area contributed by atoms with Crippen LogP contribution in [0.4, 0.5) is 8.78 Å². The molecule has 0 aliphatic rings. The van der Waals surface area contributed by atoms with Gasteiger partial charge in [-0.05, 0) is 0 Å². The fraction of sp³-hybridized carbons (Fsp3) is 0.300. The molecule has 74 valence electrons. The number of hydrogen-bond acceptors (Lipinski definition) is 1. The van der Waals surface area contributed by atoms with Crippen LogP contribution in [0.2, 0.25) is 0 Å². The SMILES string of the molecule is [C-]#[N+]CCc1c(F)cc(F)cc1OC. The van der Waals surface area contributed by atoms with Crippen LogP contribution in [0, 0.1) is 18.2 Å². The highest BCUT2D eigenvalue weighted by Crippen LogP contribution is 2.23. The number of nitrogens with zero attached hydrogens (tertiary/aromatic N) is 1. The molecule has 1 aromatic rings. The lowest BCUT2D eigenvalue weighted by Gasteiger charge is -2.07. The van der Waals surface area contributed by atoms with Crippen molar-refractivity contribution in [1.82, 2.24) is 0 Å². The van der Waals surface area contributed by atoms with E-state index in [4.69, 9.17) is 11.3 Å². The van der Waals surface area contributed by atoms with Crippen LogP contribution in [0.3, 0.4) is 0 Å². The summed E-state index contributed by atoms with van der Waals surface area (Å²) in [6, 6.07) is 1.91. The van der Waals surface area contributed by atoms with Crippen molar-refractivity contribution in [2.75, 3.05) is 13.7 Å². The minimum atomic E-state index is -0.675. The number of benzene rings is 1. The van der Waals surface area contributed by atoms with E-state index in [-0.39, 0.29) is 24.3 Å². The van der Waals surface area contributed by atoms with E-state index >= 15 is 0 Å². The van der Waals surface area contributed by atoms with E-state index in [0.717, 1.165) is 12.1 Å². The summed E-state index contributed by atoms with van der Waals surface area (Å²) < 4.78 is 30.8. The predicted octanol–water partition coefficient (Wildman–Crippen LogP) is 2.44. The van der Waals surface area contributed by atoms with Crippen molar-refractivity contribution in [1.29, 1.82) is 0 Å². The van der Waals surface area contributed by atoms with Gasteiger partial charge in [-0.15, -0.1) is 0 Å². The van der Waals surface area contributed by atoms with Crippen molar-refractivity contribution in [2.45, 2.75) is 6.42 Å². The summed E-state index contributed by atoms with van der Waals surface area (Å²) in [4.78, 5) is 3.10. The Balaban J connectivity index is 3.06. The van der Waals surface area contributed by atoms with Crippen molar-refractivity contribution in [3.05, 3.63) is 40.7 Å². The number of halogens is 2. The topological polar surface area (TPSA) is 13.6 Å². The van der Waals surface area contributed by atoms with Gasteiger partial charge in [-0.2, -0.15) is 0 Å². The highest BCUT2D eigenvalue weighted by Gasteiger charge is 2.12. The van der Waals surface area contributed by atoms with Gasteiger partial charge in [0.1, 0.15) is 17.4 Å². The van der Waals surface area contributed by atoms with Gasteiger partial charge >= 0.3 is 0 Å². The summed E-state index contributed by atoms with van der Waals surface area (Å²) in [7, 11) is 1.34. The second-order valence-corrected chi connectivity index (χ2v) is 2.70. The molecule has 1 aromatic carbocycles. The maximum atomic E-state index is 13.2. The number of ether oxygens (including phenoxy) is 1. The van der Waals surface area contributed by atoms with Gasteiger partial charge < -0.3 is 9.58 Å². The molecule has 0 radical (unpaired) electrons. The quantitative estimate of drug-likeness (QED) is 0.678. The van der Waals surface area contributed by atoms with Crippen LogP contribution in [0.25, 0.3) is 4.85 Å². The Morgan fingerprint density at radius 2 is 2.14 bits per heavy atom. The molecule has 0 saturated carbocycles. The fourth-order valence-corrected chi connectivity index (χ4v) is 1.17. The molecule has 0 N–H and O–H groups in total. The van der Waals surface area contributed by atoms with E-state index in [1.54, 1.807) is 0 Å². The maximum Gasteiger partial charge on any atom is 0.218 e. The Kier molecular flexibility index (Phi) is 3.41. The van der Waals surface area contributed by atoms with Gasteiger partial charge in [0.05, 0.1) is 13.5 Å². The molecule has 0 bridgehead atoms. The molecule has 0 amide bonds. The van der Waals surface area contributed by atoms with Crippen LogP contribution in [-0.2, 0) is 6.42 Å². The minimum absolute atomic E-state index is 0.158. The van der Waals surface area contributed by atoms with Crippen molar-refractivity contribution >= 4 is 0 Å². The normalized spacial score (nSPS) is 9.57. The monoisotopic (exact) mass is 197 g/mol. The molecule has 14 heavy (non-hydrogen) atoms. The Bertz CT molecular complexity index is 371. The van der Waals surface area contributed by atoms with Gasteiger partial charge in [0, 0.05) is 17.7 Å². The Morgan fingerprint density at radius 1 is 1.43 bits per heavy atom. The molecule has 0 aliphatic carbocycles. The molecule has 0 aromatic heterocycles. The lowest BCUT2D eigenvalue weighted by Crippen LogP contribution is -1.99. The maximum absolute atomic E-state index is 13.2. The second-order valence-electron chi connectivity index (χ2n) is 2.70. The molecule has 0 fully saturated rings. The molecule has 4 heteroatoms. The number of hydrogen-bond donors (Lipinski definition) is 0. The Morgan fingerprint density at radius 3 is 2.71 bits per heavy atom. The molecule has 0 unspecified atom stereocenters. The molecule has 0 heterocycles. The second kappa shape index (κ2) is 4.56. The highest BCUT2D eigenvalue weighted by atomic mass is 19.1. The molecule has 0 atom stereocenters. The van der Waals surface area contributed by atoms with E-state index in [0.29, 0.717) is 0 Å². The van der Waals surface area contributed by atoms with Gasteiger partial charge in [-0.25, -0.2) is 15.4 Å². The van der Waals surface area contributed by atoms with E-state index in [2.05, 4.69) is 4.85 Å². The van der Waals surface area contributed by atoms with Crippen LogP contribution >= 0.6 is 0 Å². The van der Waals surface area contributed by atoms with Crippen molar-refractivity contribution < 1.29 is 13.5 Å². The van der Waals surface area contributed by atoms with E-state index < -0.39 is 11.6 Å². The van der Waals surface area contributed by atoms with E-state index in [9.17, 15) is 8.78 Å². The molecule has 1 rings (SSSR count). The third-order valence-electron chi connectivity index (χ3n) is 1.81. The van der Waals surface area contributed by atoms with Crippen LogP contribution < -0.4 is 4.74 Å². The van der Waals surface area contributed by atoms with Gasteiger partial charge in [0.25, 0.3) is 0 Å². The zero-order chi connectivity index (χ0) is 10.6. The van der Waals surface area contributed by atoms with Crippen LogP contribution in [-0.4, -0.2) is 13.7 Å². The summed E-state index contributed by atoms with van der Waals surface area (Å²) in [5, 5.41) is 0. The van der Waals surface area contributed by atoms with Crippen LogP contribution in [0.5, 0.6) is 5.75 Å². The largest absolute Gasteiger partial charge is 0.496 e. The fourth-order valence-electron chi connectivity index (χ4n) is 1.17. The minimum Gasteiger partial charge on any atom is -0.496 e. The lowest BCUT2D eigenvalue weighted by atomic mass is 10.1. The first kappa shape index (κ1) is 10.5. The number of rotatable bonds is 3. The Labute approximate surface area is 80.9 Å². The first-order valence-electron chi connectivity index (χ1n) is 4.04. The van der Waals surface area contributed by atoms with Gasteiger partial charge in [0.2, 0.25) is 6.54 Å². The zero-order valence-electron chi connectivity index (χ0n) is 7.68. The summed E-state index contributed by atoms with van der Waals surface area (Å²) in [5.74, 6) is -1.18. The molecular weight excluding hydrogens is 188 g/mol. The molecule has 0 aliphatic heterocycles. The third kappa shape index (κ3) is 2.19. The van der Waals surface area contributed by atoms with Gasteiger partial charge in [-0.3, -0.25) is 0 Å². The van der Waals surface area contributed by atoms with E-state index in [1.165, 1.54) is 7.11 Å². The molecule has 0 spiro atoms. The average Bonchev–Trinajstić information content (AvgIpc) is 2.15. The van der Waals surface area contributed by atoms with Crippen molar-refractivity contribution in [3.63, 3.8) is 0 Å². The zero-order valence-corrected chi connectivity index (χ0v) is 7.68. The van der Waals surface area contributed by atoms with Crippen LogP contribution in [0.1, 0.15) is 5.56 Å². The smallest absolute Gasteiger partial charge is 0.218 e. The lowest BCUT2D eigenvalue weighted by molar-refractivity contribution is 0.400. The van der Waals surface area contributed by atoms with Gasteiger partial charge in [0.15, 0.2) is 0 Å². The van der Waals surface area contributed by atoms with Crippen LogP contribution in [0.15, 0.2) is 12.1 Å². The van der Waals surface area contributed by atoms with Gasteiger partial charge in [-0.1, -0.05) is 0 Å². The molecular formula is C10H9F2NO. The standard InChI is InChI=1S/C10H9F2NO/c1-13-4-3-8-9(12)5-7(11)6-10(8)14-2/h5-6H,3-4H2,2H3. The summed E-state index contributed by atoms with van der Waals surface area (Å²) >= 11 is 0. The Hall–Kier alpha value is -1.63. The first-order valence-corrected chi connectivity index (χ1v) is 4.04. The molecule has 2 nitrogen and oxygen atoms in total. The summed E-state index contributed by atoms with van der Waals surface area (Å²) in [6.07, 6.45) is 0.235.